The Kier molecular flexibility index (Phi) is 80.2. The van der Waals surface area contributed by atoms with Gasteiger partial charge in [-0.05, 0) is 31.6 Å². The van der Waals surface area contributed by atoms with Gasteiger partial charge in [0.25, 0.3) is 0 Å². The zero-order chi connectivity index (χ0) is 79.0. The maximum Gasteiger partial charge on any atom is 0.472 e. The van der Waals surface area contributed by atoms with E-state index in [1.54, 1.807) is 0 Å². The molecule has 0 rings (SSSR count). The first kappa shape index (κ1) is 106. The summed E-state index contributed by atoms with van der Waals surface area (Å²) in [6, 6.07) is 0. The van der Waals surface area contributed by atoms with Crippen molar-refractivity contribution in [1.82, 2.24) is 0 Å². The molecule has 0 spiro atoms. The number of unbranched alkanes of at least 4 members (excludes halogenated alkanes) is 60. The van der Waals surface area contributed by atoms with Crippen LogP contribution >= 0.6 is 15.6 Å². The lowest BCUT2D eigenvalue weighted by Crippen LogP contribution is -2.30. The summed E-state index contributed by atoms with van der Waals surface area (Å²) < 4.78 is 69.0. The number of hydrogen-bond donors (Lipinski definition) is 3. The van der Waals surface area contributed by atoms with E-state index in [2.05, 4.69) is 34.6 Å². The average Bonchev–Trinajstić information content (AvgIpc) is 0.903. The highest BCUT2D eigenvalue weighted by molar-refractivity contribution is 7.47. The second kappa shape index (κ2) is 81.6. The molecule has 642 valence electrons. The number of aliphatic hydroxyl groups is 1. The maximum absolute atomic E-state index is 13.2. The lowest BCUT2D eigenvalue weighted by atomic mass is 9.99. The Hall–Kier alpha value is -1.94. The molecule has 19 heteroatoms. The molecule has 0 aromatic carbocycles. The van der Waals surface area contributed by atoms with Gasteiger partial charge in [-0.3, -0.25) is 37.3 Å². The van der Waals surface area contributed by atoms with Gasteiger partial charge in [0.05, 0.1) is 26.4 Å². The molecule has 0 saturated carbocycles. The van der Waals surface area contributed by atoms with Crippen LogP contribution in [0.15, 0.2) is 0 Å². The molecule has 0 bridgehead atoms. The number of phosphoric acid groups is 2. The number of carbonyl (C=O) groups excluding carboxylic acids is 4. The van der Waals surface area contributed by atoms with Crippen LogP contribution in [-0.2, 0) is 65.4 Å². The van der Waals surface area contributed by atoms with Crippen LogP contribution in [0.4, 0.5) is 0 Å². The minimum Gasteiger partial charge on any atom is -0.462 e. The van der Waals surface area contributed by atoms with E-state index < -0.39 is 97.5 Å². The highest BCUT2D eigenvalue weighted by Crippen LogP contribution is 2.45. The van der Waals surface area contributed by atoms with Gasteiger partial charge in [0.1, 0.15) is 19.3 Å². The quantitative estimate of drug-likeness (QED) is 0.0222. The molecule has 0 aromatic heterocycles. The normalized spacial score (nSPS) is 14.0. The molecule has 0 radical (unpaired) electrons. The van der Waals surface area contributed by atoms with E-state index >= 15 is 0 Å². The number of rotatable bonds is 89. The minimum absolute atomic E-state index is 0.109. The predicted octanol–water partition coefficient (Wildman–Crippen LogP) is 27.5. The Bertz CT molecular complexity index is 2050. The molecule has 0 aliphatic carbocycles. The fraction of sp³-hybridized carbons (Fsp3) is 0.955. The number of carbonyl (C=O) groups is 4. The summed E-state index contributed by atoms with van der Waals surface area (Å²) in [5.41, 5.74) is 0. The van der Waals surface area contributed by atoms with Crippen molar-refractivity contribution >= 4 is 39.5 Å². The van der Waals surface area contributed by atoms with Crippen LogP contribution in [0, 0.1) is 5.92 Å². The van der Waals surface area contributed by atoms with Crippen molar-refractivity contribution in [2.24, 2.45) is 5.92 Å². The van der Waals surface area contributed by atoms with Crippen molar-refractivity contribution in [1.29, 1.82) is 0 Å². The van der Waals surface area contributed by atoms with Crippen molar-refractivity contribution in [3.63, 3.8) is 0 Å². The molecule has 3 unspecified atom stereocenters. The number of ether oxygens (including phenoxy) is 4. The predicted molar refractivity (Wildman–Crippen MR) is 446 cm³/mol. The molecule has 0 amide bonds. The molecule has 0 saturated heterocycles. The lowest BCUT2D eigenvalue weighted by molar-refractivity contribution is -0.161. The number of phosphoric ester groups is 2. The second-order valence-corrected chi connectivity index (χ2v) is 35.1. The Balaban J connectivity index is 5.25. The number of aliphatic hydroxyl groups excluding tert-OH is 1. The molecule has 17 nitrogen and oxygen atoms in total. The highest BCUT2D eigenvalue weighted by Gasteiger charge is 2.31. The van der Waals surface area contributed by atoms with Crippen molar-refractivity contribution in [2.75, 3.05) is 39.6 Å². The zero-order valence-corrected chi connectivity index (χ0v) is 72.8. The van der Waals surface area contributed by atoms with Crippen molar-refractivity contribution in [3.8, 4) is 0 Å². The van der Waals surface area contributed by atoms with E-state index in [4.69, 9.17) is 37.0 Å². The van der Waals surface area contributed by atoms with Gasteiger partial charge in [0, 0.05) is 25.7 Å². The molecule has 0 heterocycles. The first-order chi connectivity index (χ1) is 52.6. The Morgan fingerprint density at radius 3 is 0.657 bits per heavy atom. The van der Waals surface area contributed by atoms with Gasteiger partial charge in [0.15, 0.2) is 12.2 Å². The van der Waals surface area contributed by atoms with Gasteiger partial charge in [-0.25, -0.2) is 9.13 Å². The largest absolute Gasteiger partial charge is 0.472 e. The molecule has 0 aliphatic heterocycles. The fourth-order valence-corrected chi connectivity index (χ4v) is 15.5. The number of hydrogen-bond acceptors (Lipinski definition) is 15. The molecule has 0 fully saturated rings. The van der Waals surface area contributed by atoms with Crippen molar-refractivity contribution in [3.05, 3.63) is 0 Å². The van der Waals surface area contributed by atoms with Gasteiger partial charge < -0.3 is 33.8 Å². The van der Waals surface area contributed by atoms with Crippen LogP contribution in [0.3, 0.4) is 0 Å². The first-order valence-electron chi connectivity index (χ1n) is 46.2. The lowest BCUT2D eigenvalue weighted by Gasteiger charge is -2.21. The third-order valence-corrected chi connectivity index (χ3v) is 23.3. The van der Waals surface area contributed by atoms with Crippen LogP contribution in [0.1, 0.15) is 484 Å². The SMILES string of the molecule is CCCCCCCCCCCCCCCCCCCCCCC(=O)O[C@H](COC(=O)CCCCCCCCCCCCCCCCC(C)CC)COP(=O)(O)OC[C@@H](O)COP(=O)(O)OC[C@@H](COC(=O)CCCCCCCCCCCCCC)OC(=O)CCCCCCCCCCCCCCCCCCCC. The standard InChI is InChI=1S/C89H174O17P2/c1-6-10-13-16-19-22-25-28-30-32-34-35-37-39-45-50-55-60-65-70-75-89(94)106-85(79-100-87(92)73-68-63-58-53-48-43-41-40-42-46-51-56-61-66-71-82(5)9-4)81-104-108(97,98)102-77-83(90)76-101-107(95,96)103-80-84(78-99-86(91)72-67-62-57-52-47-27-24-21-18-15-12-8-3)105-88(93)74-69-64-59-54-49-44-38-36-33-31-29-26-23-20-17-14-11-7-2/h82-85,90H,6-81H2,1-5H3,(H,95,96)(H,97,98)/t82?,83-,84+,85+/m0/s1. The van der Waals surface area contributed by atoms with Crippen LogP contribution in [0.5, 0.6) is 0 Å². The monoisotopic (exact) mass is 1580 g/mol. The van der Waals surface area contributed by atoms with Crippen LogP contribution < -0.4 is 0 Å². The highest BCUT2D eigenvalue weighted by atomic mass is 31.2. The second-order valence-electron chi connectivity index (χ2n) is 32.2. The maximum atomic E-state index is 13.2. The van der Waals surface area contributed by atoms with Gasteiger partial charge >= 0.3 is 39.5 Å². The minimum atomic E-state index is -4.97. The van der Waals surface area contributed by atoms with Gasteiger partial charge in [0.2, 0.25) is 0 Å². The average molecular weight is 1580 g/mol. The third kappa shape index (κ3) is 80.7. The van der Waals surface area contributed by atoms with E-state index in [1.165, 1.54) is 308 Å². The van der Waals surface area contributed by atoms with E-state index in [1.807, 2.05) is 0 Å². The number of esters is 4. The van der Waals surface area contributed by atoms with E-state index in [9.17, 15) is 43.2 Å². The topological polar surface area (TPSA) is 237 Å². The molecular weight excluding hydrogens is 1400 g/mol. The Morgan fingerprint density at radius 2 is 0.444 bits per heavy atom. The van der Waals surface area contributed by atoms with Crippen LogP contribution in [-0.4, -0.2) is 96.7 Å². The van der Waals surface area contributed by atoms with Crippen molar-refractivity contribution in [2.45, 2.75) is 502 Å². The summed E-state index contributed by atoms with van der Waals surface area (Å²) in [7, 11) is -9.93. The molecule has 0 aliphatic rings. The summed E-state index contributed by atoms with van der Waals surface area (Å²) in [5, 5.41) is 10.7. The zero-order valence-electron chi connectivity index (χ0n) is 71.0. The summed E-state index contributed by atoms with van der Waals surface area (Å²) in [6.07, 6.45) is 76.2. The van der Waals surface area contributed by atoms with E-state index in [-0.39, 0.29) is 25.7 Å². The third-order valence-electron chi connectivity index (χ3n) is 21.4. The van der Waals surface area contributed by atoms with Gasteiger partial charge in [-0.2, -0.15) is 0 Å². The molecule has 6 atom stereocenters. The van der Waals surface area contributed by atoms with Gasteiger partial charge in [-0.15, -0.1) is 0 Å². The first-order valence-corrected chi connectivity index (χ1v) is 49.2. The molecule has 108 heavy (non-hydrogen) atoms. The molecular formula is C89H174O17P2. The Labute approximate surface area is 664 Å². The Morgan fingerprint density at radius 1 is 0.259 bits per heavy atom. The van der Waals surface area contributed by atoms with E-state index in [0.29, 0.717) is 25.7 Å². The van der Waals surface area contributed by atoms with E-state index in [0.717, 1.165) is 95.8 Å². The summed E-state index contributed by atoms with van der Waals surface area (Å²) in [5.74, 6) is -1.24. The fourth-order valence-electron chi connectivity index (χ4n) is 14.0. The van der Waals surface area contributed by atoms with Crippen LogP contribution in [0.2, 0.25) is 0 Å². The molecule has 0 aromatic rings. The molecule has 3 N–H and O–H groups in total. The van der Waals surface area contributed by atoms with Gasteiger partial charge in [-0.1, -0.05) is 433 Å². The summed E-state index contributed by atoms with van der Waals surface area (Å²) in [4.78, 5) is 73.4. The van der Waals surface area contributed by atoms with Crippen molar-refractivity contribution < 1.29 is 80.2 Å². The smallest absolute Gasteiger partial charge is 0.462 e. The summed E-state index contributed by atoms with van der Waals surface area (Å²) in [6.45, 7) is 7.45. The van der Waals surface area contributed by atoms with Crippen LogP contribution in [0.25, 0.3) is 0 Å². The summed E-state index contributed by atoms with van der Waals surface area (Å²) >= 11 is 0.